The molecule has 0 unspecified atom stereocenters. The molecular weight excluding hydrogens is 434 g/mol. The molecule has 4 aromatic rings. The molecule has 0 aliphatic carbocycles. The van der Waals surface area contributed by atoms with Crippen LogP contribution in [0.1, 0.15) is 62.0 Å². The molecule has 1 N–H and O–H groups in total. The van der Waals surface area contributed by atoms with Crippen LogP contribution >= 0.6 is 0 Å². The minimum Gasteiger partial charge on any atom is -0.491 e. The van der Waals surface area contributed by atoms with E-state index in [2.05, 4.69) is 48.6 Å². The number of aromatic nitrogens is 1. The zero-order valence-corrected chi connectivity index (χ0v) is 20.9. The summed E-state index contributed by atoms with van der Waals surface area (Å²) in [7, 11) is 0. The van der Waals surface area contributed by atoms with Gasteiger partial charge in [-0.15, -0.1) is 0 Å². The molecule has 0 aliphatic rings. The Hall–Kier alpha value is -3.99. The molecule has 1 amide bonds. The van der Waals surface area contributed by atoms with Gasteiger partial charge in [-0.2, -0.15) is 5.10 Å². The number of fused-ring (bicyclic) bond motifs is 1. The monoisotopic (exact) mass is 465 g/mol. The molecule has 1 heterocycles. The lowest BCUT2D eigenvalue weighted by atomic mass is 9.99. The summed E-state index contributed by atoms with van der Waals surface area (Å²) in [4.78, 5) is 18.0. The molecule has 0 radical (unpaired) electrons. The normalized spacial score (nSPS) is 11.8. The smallest absolute Gasteiger partial charge is 0.272 e. The van der Waals surface area contributed by atoms with Gasteiger partial charge >= 0.3 is 0 Å². The predicted molar refractivity (Wildman–Crippen MR) is 143 cm³/mol. The van der Waals surface area contributed by atoms with E-state index in [9.17, 15) is 4.79 Å². The molecule has 35 heavy (non-hydrogen) atoms. The number of carbonyl (C=O) groups excluding carboxylic acids is 1. The number of para-hydroxylation sites is 1. The first-order chi connectivity index (χ1) is 16.8. The van der Waals surface area contributed by atoms with Crippen LogP contribution in [0.2, 0.25) is 0 Å². The fourth-order valence-electron chi connectivity index (χ4n) is 3.86. The van der Waals surface area contributed by atoms with Gasteiger partial charge in [0, 0.05) is 10.9 Å². The van der Waals surface area contributed by atoms with Gasteiger partial charge < -0.3 is 4.74 Å². The zero-order valence-electron chi connectivity index (χ0n) is 20.9. The van der Waals surface area contributed by atoms with Gasteiger partial charge in [-0.1, -0.05) is 56.3 Å². The molecule has 0 aliphatic heterocycles. The maximum absolute atomic E-state index is 13.2. The minimum atomic E-state index is -0.275. The van der Waals surface area contributed by atoms with E-state index in [1.807, 2.05) is 75.4 Å². The Bertz CT molecular complexity index is 1360. The first-order valence-corrected chi connectivity index (χ1v) is 11.9. The first-order valence-electron chi connectivity index (χ1n) is 11.9. The Labute approximate surface area is 206 Å². The van der Waals surface area contributed by atoms with Crippen LogP contribution in [0, 0.1) is 0 Å². The Morgan fingerprint density at radius 2 is 1.60 bits per heavy atom. The van der Waals surface area contributed by atoms with Crippen molar-refractivity contribution in [1.29, 1.82) is 0 Å². The summed E-state index contributed by atoms with van der Waals surface area (Å²) in [6.45, 7) is 10.2. The van der Waals surface area contributed by atoms with Crippen LogP contribution in [0.25, 0.3) is 22.2 Å². The van der Waals surface area contributed by atoms with E-state index >= 15 is 0 Å². The Kier molecular flexibility index (Phi) is 7.25. The third-order valence-electron chi connectivity index (χ3n) is 5.80. The molecule has 0 saturated carbocycles. The summed E-state index contributed by atoms with van der Waals surface area (Å²) in [5.41, 5.74) is 8.64. The molecule has 4 rings (SSSR count). The molecule has 5 heteroatoms. The average Bonchev–Trinajstić information content (AvgIpc) is 2.86. The van der Waals surface area contributed by atoms with Crippen LogP contribution in [0.15, 0.2) is 84.0 Å². The van der Waals surface area contributed by atoms with Crippen molar-refractivity contribution in [2.75, 3.05) is 0 Å². The largest absolute Gasteiger partial charge is 0.491 e. The molecule has 0 atom stereocenters. The van der Waals surface area contributed by atoms with Crippen LogP contribution < -0.4 is 10.2 Å². The second kappa shape index (κ2) is 10.5. The Morgan fingerprint density at radius 3 is 2.26 bits per heavy atom. The zero-order chi connectivity index (χ0) is 24.9. The molecular formula is C30H31N3O2. The summed E-state index contributed by atoms with van der Waals surface area (Å²) in [5.74, 6) is 0.982. The lowest BCUT2D eigenvalue weighted by molar-refractivity contribution is 0.0956. The van der Waals surface area contributed by atoms with Gasteiger partial charge in [0.2, 0.25) is 0 Å². The maximum atomic E-state index is 13.2. The summed E-state index contributed by atoms with van der Waals surface area (Å²) >= 11 is 0. The van der Waals surface area contributed by atoms with Crippen molar-refractivity contribution in [3.63, 3.8) is 0 Å². The lowest BCUT2D eigenvalue weighted by Crippen LogP contribution is -2.20. The Morgan fingerprint density at radius 1 is 0.914 bits per heavy atom. The third-order valence-corrected chi connectivity index (χ3v) is 5.80. The van der Waals surface area contributed by atoms with Crippen LogP contribution in [0.5, 0.6) is 5.75 Å². The lowest BCUT2D eigenvalue weighted by Gasteiger charge is -2.11. The number of pyridine rings is 1. The highest BCUT2D eigenvalue weighted by molar-refractivity contribution is 6.08. The molecule has 178 valence electrons. The summed E-state index contributed by atoms with van der Waals surface area (Å²) < 4.78 is 5.70. The minimum absolute atomic E-state index is 0.114. The number of nitrogens with zero attached hydrogens (tertiary/aromatic N) is 2. The molecule has 0 bridgehead atoms. The number of carbonyl (C=O) groups is 1. The Balaban J connectivity index is 1.61. The van der Waals surface area contributed by atoms with Gasteiger partial charge in [0.15, 0.2) is 0 Å². The van der Waals surface area contributed by atoms with E-state index in [1.54, 1.807) is 0 Å². The molecule has 0 fully saturated rings. The highest BCUT2D eigenvalue weighted by Gasteiger charge is 2.14. The van der Waals surface area contributed by atoms with E-state index in [1.165, 1.54) is 5.56 Å². The van der Waals surface area contributed by atoms with Gasteiger partial charge in [-0.05, 0) is 74.2 Å². The van der Waals surface area contributed by atoms with E-state index in [0.717, 1.165) is 33.5 Å². The fourth-order valence-corrected chi connectivity index (χ4v) is 3.86. The second-order valence-electron chi connectivity index (χ2n) is 9.18. The van der Waals surface area contributed by atoms with Crippen LogP contribution in [0.4, 0.5) is 0 Å². The van der Waals surface area contributed by atoms with Gasteiger partial charge in [0.25, 0.3) is 5.91 Å². The van der Waals surface area contributed by atoms with Crippen molar-refractivity contribution in [2.45, 2.75) is 46.6 Å². The first kappa shape index (κ1) is 24.1. The number of rotatable bonds is 7. The quantitative estimate of drug-likeness (QED) is 0.237. The summed E-state index contributed by atoms with van der Waals surface area (Å²) in [6, 6.07) is 25.5. The highest BCUT2D eigenvalue weighted by Crippen LogP contribution is 2.26. The van der Waals surface area contributed by atoms with E-state index in [0.29, 0.717) is 17.2 Å². The molecule has 0 saturated heterocycles. The number of hydrogen-bond acceptors (Lipinski definition) is 4. The van der Waals surface area contributed by atoms with E-state index < -0.39 is 0 Å². The van der Waals surface area contributed by atoms with Crippen molar-refractivity contribution in [3.8, 4) is 17.0 Å². The summed E-state index contributed by atoms with van der Waals surface area (Å²) in [5, 5.41) is 5.14. The number of hydrazone groups is 1. The molecule has 0 spiro atoms. The van der Waals surface area contributed by atoms with Crippen LogP contribution in [-0.4, -0.2) is 22.7 Å². The molecule has 5 nitrogen and oxygen atoms in total. The van der Waals surface area contributed by atoms with Crippen molar-refractivity contribution >= 4 is 22.5 Å². The fraction of sp³-hybridized carbons (Fsp3) is 0.233. The number of amides is 1. The predicted octanol–water partition coefficient (Wildman–Crippen LogP) is 6.97. The van der Waals surface area contributed by atoms with Crippen LogP contribution in [-0.2, 0) is 0 Å². The molecule has 3 aromatic carbocycles. The number of benzene rings is 3. The van der Waals surface area contributed by atoms with Crippen molar-refractivity contribution in [3.05, 3.63) is 95.6 Å². The van der Waals surface area contributed by atoms with E-state index in [4.69, 9.17) is 9.72 Å². The van der Waals surface area contributed by atoms with Gasteiger partial charge in [0.1, 0.15) is 5.75 Å². The maximum Gasteiger partial charge on any atom is 0.272 e. The summed E-state index contributed by atoms with van der Waals surface area (Å²) in [6.07, 6.45) is 0.114. The third kappa shape index (κ3) is 5.75. The second-order valence-corrected chi connectivity index (χ2v) is 9.18. The topological polar surface area (TPSA) is 63.6 Å². The standard InChI is InChI=1S/C30H31N3O2/c1-19(2)22-10-12-24(13-11-22)29-18-27(26-8-6-7-9-28(26)31-29)30(34)33-32-21(5)23-14-16-25(17-15-23)35-20(3)4/h6-20H,1-5H3,(H,33,34)/b32-21+. The van der Waals surface area contributed by atoms with E-state index in [-0.39, 0.29) is 12.0 Å². The number of hydrogen-bond donors (Lipinski definition) is 1. The number of ether oxygens (including phenoxy) is 1. The van der Waals surface area contributed by atoms with Gasteiger partial charge in [-0.25, -0.2) is 10.4 Å². The number of nitrogens with one attached hydrogen (secondary N) is 1. The average molecular weight is 466 g/mol. The van der Waals surface area contributed by atoms with Gasteiger partial charge in [-0.3, -0.25) is 4.79 Å². The van der Waals surface area contributed by atoms with Crippen molar-refractivity contribution < 1.29 is 9.53 Å². The highest BCUT2D eigenvalue weighted by atomic mass is 16.5. The van der Waals surface area contributed by atoms with Crippen molar-refractivity contribution in [1.82, 2.24) is 10.4 Å². The SMILES string of the molecule is C/C(=N\NC(=O)c1cc(-c2ccc(C(C)C)cc2)nc2ccccc12)c1ccc(OC(C)C)cc1. The molecule has 1 aromatic heterocycles. The van der Waals surface area contributed by atoms with Gasteiger partial charge in [0.05, 0.1) is 28.6 Å². The van der Waals surface area contributed by atoms with Crippen molar-refractivity contribution in [2.24, 2.45) is 5.10 Å². The van der Waals surface area contributed by atoms with Crippen LogP contribution in [0.3, 0.4) is 0 Å².